The van der Waals surface area contributed by atoms with Crippen molar-refractivity contribution in [1.29, 1.82) is 0 Å². The minimum Gasteiger partial charge on any atom is -0.444 e. The Labute approximate surface area is 299 Å². The Morgan fingerprint density at radius 1 is 1.17 bits per heavy atom. The van der Waals surface area contributed by atoms with E-state index in [0.29, 0.717) is 23.3 Å². The number of hydrogen-bond acceptors (Lipinski definition) is 11. The molecule has 4 atom stereocenters. The molecule has 0 radical (unpaired) electrons. The topological polar surface area (TPSA) is 161 Å². The Kier molecular flexibility index (Phi) is 9.19. The Morgan fingerprint density at radius 2 is 1.87 bits per heavy atom. The van der Waals surface area contributed by atoms with E-state index in [1.54, 1.807) is 6.92 Å². The molecule has 280 valence electrons. The molecule has 7 rings (SSSR count). The van der Waals surface area contributed by atoms with Crippen molar-refractivity contribution < 1.29 is 45.0 Å². The molecule has 1 amide bonds. The summed E-state index contributed by atoms with van der Waals surface area (Å²) >= 11 is 1.01. The predicted octanol–water partition coefficient (Wildman–Crippen LogP) is 5.13. The van der Waals surface area contributed by atoms with Gasteiger partial charge in [0, 0.05) is 5.56 Å². The molecular formula is C34H37F3N4O9S2. The van der Waals surface area contributed by atoms with Crippen LogP contribution in [0.2, 0.25) is 0 Å². The Bertz CT molecular complexity index is 2250. The second-order valence-electron chi connectivity index (χ2n) is 14.4. The number of aromatic nitrogens is 3. The second-order valence-corrected chi connectivity index (χ2v) is 17.9. The van der Waals surface area contributed by atoms with E-state index >= 15 is 0 Å². The first-order valence-corrected chi connectivity index (χ1v) is 19.1. The maximum atomic E-state index is 14.9. The number of aryl methyl sites for hydroxylation is 1. The molecule has 52 heavy (non-hydrogen) atoms. The number of sulfonamides is 1. The van der Waals surface area contributed by atoms with Crippen molar-refractivity contribution in [2.24, 2.45) is 0 Å². The van der Waals surface area contributed by atoms with Gasteiger partial charge in [-0.25, -0.2) is 27.2 Å². The van der Waals surface area contributed by atoms with E-state index in [2.05, 4.69) is 9.71 Å². The molecule has 2 aliphatic heterocycles. The number of thiophene rings is 1. The largest absolute Gasteiger partial charge is 0.444 e. The SMILES string of the molecule is Cc1c(-c2ncco2)sc2c1c(=O)n(C1(C(=O)NS(=O)(=O)C(C)(C)C)CC1)c(=O)n2C[C@H](OC1C[C@H]2CC[C@@H](C1)O2)c1cc(F)ccc1OC(F)F. The number of alkyl halides is 2. The number of amides is 1. The molecule has 5 heterocycles. The second kappa shape index (κ2) is 13.1. The molecule has 13 nitrogen and oxygen atoms in total. The zero-order valence-electron chi connectivity index (χ0n) is 28.7. The van der Waals surface area contributed by atoms with Gasteiger partial charge in [0.25, 0.3) is 11.5 Å². The van der Waals surface area contributed by atoms with Crippen LogP contribution in [0.25, 0.3) is 21.0 Å². The molecule has 3 aliphatic rings. The molecule has 1 aliphatic carbocycles. The fourth-order valence-electron chi connectivity index (χ4n) is 6.97. The molecular weight excluding hydrogens is 730 g/mol. The van der Waals surface area contributed by atoms with Gasteiger partial charge >= 0.3 is 12.3 Å². The van der Waals surface area contributed by atoms with Gasteiger partial charge in [-0.3, -0.25) is 18.9 Å². The molecule has 1 aromatic carbocycles. The smallest absolute Gasteiger partial charge is 0.387 e. The quantitative estimate of drug-likeness (QED) is 0.217. The van der Waals surface area contributed by atoms with Gasteiger partial charge in [0.1, 0.15) is 34.3 Å². The summed E-state index contributed by atoms with van der Waals surface area (Å²) in [5, 5.41) is 0.0294. The number of halogens is 3. The number of ether oxygens (including phenoxy) is 3. The molecule has 1 saturated carbocycles. The summed E-state index contributed by atoms with van der Waals surface area (Å²) in [5.74, 6) is -2.03. The van der Waals surface area contributed by atoms with E-state index < -0.39 is 68.6 Å². The Hall–Kier alpha value is -4.00. The van der Waals surface area contributed by atoms with Crippen LogP contribution in [-0.2, 0) is 36.4 Å². The van der Waals surface area contributed by atoms with Gasteiger partial charge in [-0.15, -0.1) is 11.3 Å². The van der Waals surface area contributed by atoms with Crippen molar-refractivity contribution in [3.8, 4) is 16.5 Å². The zero-order valence-corrected chi connectivity index (χ0v) is 30.3. The third-order valence-electron chi connectivity index (χ3n) is 9.93. The summed E-state index contributed by atoms with van der Waals surface area (Å²) < 4.78 is 93.8. The summed E-state index contributed by atoms with van der Waals surface area (Å²) in [7, 11) is -4.24. The van der Waals surface area contributed by atoms with Crippen molar-refractivity contribution in [3.05, 3.63) is 68.4 Å². The van der Waals surface area contributed by atoms with E-state index in [4.69, 9.17) is 18.6 Å². The molecule has 1 unspecified atom stereocenters. The van der Waals surface area contributed by atoms with Crippen molar-refractivity contribution in [3.63, 3.8) is 0 Å². The highest BCUT2D eigenvalue weighted by atomic mass is 32.2. The van der Waals surface area contributed by atoms with E-state index in [1.807, 2.05) is 0 Å². The van der Waals surface area contributed by atoms with E-state index in [-0.39, 0.29) is 52.5 Å². The minimum absolute atomic E-state index is 0.0179. The summed E-state index contributed by atoms with van der Waals surface area (Å²) in [6.07, 6.45) is 3.34. The van der Waals surface area contributed by atoms with Crippen LogP contribution in [0.1, 0.15) is 76.5 Å². The molecule has 4 aromatic rings. The van der Waals surface area contributed by atoms with Crippen LogP contribution in [-0.4, -0.2) is 58.1 Å². The zero-order chi connectivity index (χ0) is 37.3. The van der Waals surface area contributed by atoms with Gasteiger partial charge in [0.05, 0.1) is 46.1 Å². The van der Waals surface area contributed by atoms with Gasteiger partial charge in [0.2, 0.25) is 15.9 Å². The summed E-state index contributed by atoms with van der Waals surface area (Å²) in [6.45, 7) is 2.11. The first-order chi connectivity index (χ1) is 24.5. The van der Waals surface area contributed by atoms with E-state index in [1.165, 1.54) is 37.8 Å². The maximum absolute atomic E-state index is 14.9. The average Bonchev–Trinajstić information content (AvgIpc) is 3.33. The maximum Gasteiger partial charge on any atom is 0.387 e. The number of nitrogens with zero attached hydrogens (tertiary/aromatic N) is 3. The standard InChI is InChI=1S/C34H37F3N4O9S2/c1-17-25-28(42)41(34(9-10-34)30(43)39-52(45,46)33(2,3)4)32(44)40(29(25)51-26(17)27-38-11-12-47-27)16-24(49-21-14-19-6-7-20(15-21)48-19)22-13-18(35)5-8-23(22)50-31(36)37/h5,8,11-13,19-21,24,31H,6-7,9-10,14-16H2,1-4H3,(H,39,43)/t19-,20+,21?,24-/m0/s1. The molecule has 2 bridgehead atoms. The average molecular weight is 767 g/mol. The highest BCUT2D eigenvalue weighted by molar-refractivity contribution is 7.91. The van der Waals surface area contributed by atoms with Gasteiger partial charge in [-0.05, 0) is 90.0 Å². The monoisotopic (exact) mass is 766 g/mol. The molecule has 2 saturated heterocycles. The van der Waals surface area contributed by atoms with Crippen LogP contribution >= 0.6 is 11.3 Å². The number of oxazole rings is 1. The lowest BCUT2D eigenvalue weighted by atomic mass is 10.0. The van der Waals surface area contributed by atoms with Crippen LogP contribution in [0.15, 0.2) is 44.7 Å². The van der Waals surface area contributed by atoms with Crippen LogP contribution in [0, 0.1) is 12.7 Å². The molecule has 0 spiro atoms. The fourth-order valence-corrected chi connectivity index (χ4v) is 8.96. The highest BCUT2D eigenvalue weighted by Gasteiger charge is 2.56. The lowest BCUT2D eigenvalue weighted by Crippen LogP contribution is -2.54. The first-order valence-electron chi connectivity index (χ1n) is 16.8. The lowest BCUT2D eigenvalue weighted by molar-refractivity contribution is -0.124. The number of hydrogen-bond donors (Lipinski definition) is 1. The van der Waals surface area contributed by atoms with Crippen LogP contribution < -0.4 is 20.7 Å². The van der Waals surface area contributed by atoms with E-state index in [9.17, 15) is 36.0 Å². The summed E-state index contributed by atoms with van der Waals surface area (Å²) in [6, 6.07) is 3.01. The third-order valence-corrected chi connectivity index (χ3v) is 13.3. The predicted molar refractivity (Wildman–Crippen MR) is 182 cm³/mol. The number of fused-ring (bicyclic) bond motifs is 3. The minimum atomic E-state index is -4.24. The van der Waals surface area contributed by atoms with E-state index in [0.717, 1.165) is 46.9 Å². The fraction of sp³-hybridized carbons (Fsp3) is 0.529. The number of nitrogens with one attached hydrogen (secondary N) is 1. The highest BCUT2D eigenvalue weighted by Crippen LogP contribution is 2.44. The Morgan fingerprint density at radius 3 is 2.46 bits per heavy atom. The normalized spacial score (nSPS) is 21.8. The third kappa shape index (κ3) is 6.47. The number of rotatable bonds is 11. The molecule has 3 fully saturated rings. The first kappa shape index (κ1) is 36.4. The molecule has 1 N–H and O–H groups in total. The van der Waals surface area contributed by atoms with Crippen LogP contribution in [0.3, 0.4) is 0 Å². The number of carbonyl (C=O) groups is 1. The summed E-state index contributed by atoms with van der Waals surface area (Å²) in [5.41, 5.74) is -3.40. The van der Waals surface area contributed by atoms with Crippen LogP contribution in [0.4, 0.5) is 13.2 Å². The van der Waals surface area contributed by atoms with Gasteiger partial charge in [-0.1, -0.05) is 0 Å². The molecule has 18 heteroatoms. The number of carbonyl (C=O) groups excluding carboxylic acids is 1. The van der Waals surface area contributed by atoms with Crippen molar-refractivity contribution in [1.82, 2.24) is 18.8 Å². The lowest BCUT2D eigenvalue weighted by Gasteiger charge is -2.32. The number of benzene rings is 1. The van der Waals surface area contributed by atoms with Gasteiger partial charge < -0.3 is 18.6 Å². The van der Waals surface area contributed by atoms with Crippen molar-refractivity contribution in [2.45, 2.75) is 114 Å². The van der Waals surface area contributed by atoms with Crippen LogP contribution in [0.5, 0.6) is 5.75 Å². The molecule has 3 aromatic heterocycles. The van der Waals surface area contributed by atoms with Crippen molar-refractivity contribution >= 4 is 37.5 Å². The van der Waals surface area contributed by atoms with Gasteiger partial charge in [-0.2, -0.15) is 8.78 Å². The van der Waals surface area contributed by atoms with Gasteiger partial charge in [0.15, 0.2) is 0 Å². The Balaban J connectivity index is 1.42. The van der Waals surface area contributed by atoms with Crippen molar-refractivity contribution in [2.75, 3.05) is 0 Å². The summed E-state index contributed by atoms with van der Waals surface area (Å²) in [4.78, 5) is 47.7.